The first-order valence-corrected chi connectivity index (χ1v) is 7.10. The predicted octanol–water partition coefficient (Wildman–Crippen LogP) is 1.01. The topological polar surface area (TPSA) is 63.0 Å². The van der Waals surface area contributed by atoms with Crippen LogP contribution in [-0.2, 0) is 19.5 Å². The van der Waals surface area contributed by atoms with Gasteiger partial charge in [-0.3, -0.25) is 0 Å². The lowest BCUT2D eigenvalue weighted by molar-refractivity contribution is 0.161. The van der Waals surface area contributed by atoms with Crippen molar-refractivity contribution in [2.75, 3.05) is 6.61 Å². The summed E-state index contributed by atoms with van der Waals surface area (Å²) in [4.78, 5) is 0. The second-order valence-corrected chi connectivity index (χ2v) is 5.64. The van der Waals surface area contributed by atoms with E-state index in [2.05, 4.69) is 20.1 Å². The monoisotopic (exact) mass is 250 g/mol. The fourth-order valence-corrected chi connectivity index (χ4v) is 3.21. The minimum Gasteiger partial charge on any atom is -0.394 e. The van der Waals surface area contributed by atoms with Gasteiger partial charge in [0.05, 0.1) is 13.2 Å². The van der Waals surface area contributed by atoms with Crippen LogP contribution in [0.15, 0.2) is 0 Å². The molecule has 2 aliphatic rings. The van der Waals surface area contributed by atoms with Gasteiger partial charge in [-0.2, -0.15) is 0 Å². The van der Waals surface area contributed by atoms with Gasteiger partial charge in [0, 0.05) is 18.5 Å². The Balaban J connectivity index is 1.67. The lowest BCUT2D eigenvalue weighted by atomic mass is 9.99. The summed E-state index contributed by atoms with van der Waals surface area (Å²) < 4.78 is 2.25. The molecule has 3 rings (SSSR count). The van der Waals surface area contributed by atoms with Crippen LogP contribution in [0.5, 0.6) is 0 Å². The quantitative estimate of drug-likeness (QED) is 0.837. The normalized spacial score (nSPS) is 22.1. The summed E-state index contributed by atoms with van der Waals surface area (Å²) in [6, 6.07) is 0. The molecule has 0 spiro atoms. The van der Waals surface area contributed by atoms with Crippen LogP contribution < -0.4 is 5.32 Å². The number of hydrogen-bond donors (Lipinski definition) is 2. The predicted molar refractivity (Wildman–Crippen MR) is 68.1 cm³/mol. The molecule has 0 amide bonds. The molecule has 0 bridgehead atoms. The maximum Gasteiger partial charge on any atom is 0.147 e. The Hall–Kier alpha value is -0.940. The summed E-state index contributed by atoms with van der Waals surface area (Å²) in [6.45, 7) is 2.01. The summed E-state index contributed by atoms with van der Waals surface area (Å²) in [5.41, 5.74) is -0.0684. The Morgan fingerprint density at radius 3 is 2.78 bits per heavy atom. The van der Waals surface area contributed by atoms with Crippen molar-refractivity contribution in [1.29, 1.82) is 0 Å². The van der Waals surface area contributed by atoms with E-state index in [4.69, 9.17) is 0 Å². The zero-order valence-corrected chi connectivity index (χ0v) is 10.9. The van der Waals surface area contributed by atoms with Crippen molar-refractivity contribution in [2.45, 2.75) is 63.6 Å². The summed E-state index contributed by atoms with van der Waals surface area (Å²) in [7, 11) is 0. The third kappa shape index (κ3) is 2.17. The van der Waals surface area contributed by atoms with E-state index >= 15 is 0 Å². The van der Waals surface area contributed by atoms with Gasteiger partial charge in [0.1, 0.15) is 11.6 Å². The molecule has 0 atom stereocenters. The van der Waals surface area contributed by atoms with E-state index in [-0.39, 0.29) is 12.1 Å². The molecule has 1 saturated carbocycles. The molecule has 2 N–H and O–H groups in total. The maximum absolute atomic E-state index is 9.58. The number of aliphatic hydroxyl groups is 1. The number of rotatable bonds is 4. The molecule has 1 fully saturated rings. The maximum atomic E-state index is 9.58. The number of nitrogens with zero attached hydrogens (tertiary/aromatic N) is 3. The fraction of sp³-hybridized carbons (Fsp3) is 0.846. The molecular weight excluding hydrogens is 228 g/mol. The molecule has 2 heterocycles. The van der Waals surface area contributed by atoms with Gasteiger partial charge in [0.15, 0.2) is 0 Å². The highest BCUT2D eigenvalue weighted by Gasteiger charge is 2.33. The first-order chi connectivity index (χ1) is 8.83. The van der Waals surface area contributed by atoms with Crippen LogP contribution in [0.2, 0.25) is 0 Å². The highest BCUT2D eigenvalue weighted by Crippen LogP contribution is 2.29. The Labute approximate surface area is 108 Å². The summed E-state index contributed by atoms with van der Waals surface area (Å²) in [5, 5.41) is 21.7. The standard InChI is InChI=1S/C13H22N4O/c18-10-13(6-2-3-7-13)14-9-12-16-15-11-5-1-4-8-17(11)12/h14,18H,1-10H2. The van der Waals surface area contributed by atoms with Gasteiger partial charge >= 0.3 is 0 Å². The number of aliphatic hydroxyl groups excluding tert-OH is 1. The Morgan fingerprint density at radius 2 is 2.00 bits per heavy atom. The van der Waals surface area contributed by atoms with Gasteiger partial charge in [0.2, 0.25) is 0 Å². The van der Waals surface area contributed by atoms with Gasteiger partial charge in [-0.05, 0) is 25.7 Å². The molecule has 5 nitrogen and oxygen atoms in total. The second-order valence-electron chi connectivity index (χ2n) is 5.64. The Kier molecular flexibility index (Phi) is 3.35. The van der Waals surface area contributed by atoms with Crippen molar-refractivity contribution in [3.8, 4) is 0 Å². The third-order valence-electron chi connectivity index (χ3n) is 4.42. The molecule has 18 heavy (non-hydrogen) atoms. The van der Waals surface area contributed by atoms with Crippen molar-refractivity contribution in [3.63, 3.8) is 0 Å². The van der Waals surface area contributed by atoms with Gasteiger partial charge in [-0.1, -0.05) is 12.8 Å². The van der Waals surface area contributed by atoms with Crippen LogP contribution in [0.3, 0.4) is 0 Å². The lowest BCUT2D eigenvalue weighted by Crippen LogP contribution is -2.46. The smallest absolute Gasteiger partial charge is 0.147 e. The molecule has 0 aromatic carbocycles. The van der Waals surface area contributed by atoms with Crippen LogP contribution >= 0.6 is 0 Å². The van der Waals surface area contributed by atoms with Crippen LogP contribution in [0.4, 0.5) is 0 Å². The highest BCUT2D eigenvalue weighted by atomic mass is 16.3. The van der Waals surface area contributed by atoms with Crippen molar-refractivity contribution < 1.29 is 5.11 Å². The molecule has 1 aromatic heterocycles. The fourth-order valence-electron chi connectivity index (χ4n) is 3.21. The van der Waals surface area contributed by atoms with E-state index in [1.54, 1.807) is 0 Å². The van der Waals surface area contributed by atoms with Crippen molar-refractivity contribution >= 4 is 0 Å². The second kappa shape index (κ2) is 4.97. The zero-order chi connectivity index (χ0) is 12.4. The molecule has 1 aromatic rings. The number of aromatic nitrogens is 3. The molecule has 100 valence electrons. The summed E-state index contributed by atoms with van der Waals surface area (Å²) in [6.07, 6.45) is 8.08. The number of hydrogen-bond acceptors (Lipinski definition) is 4. The largest absolute Gasteiger partial charge is 0.394 e. The van der Waals surface area contributed by atoms with Gasteiger partial charge in [0.25, 0.3) is 0 Å². The van der Waals surface area contributed by atoms with Crippen molar-refractivity contribution in [2.24, 2.45) is 0 Å². The van der Waals surface area contributed by atoms with E-state index in [0.717, 1.165) is 44.0 Å². The minimum absolute atomic E-state index is 0.0684. The van der Waals surface area contributed by atoms with Crippen LogP contribution in [0.1, 0.15) is 50.2 Å². The summed E-state index contributed by atoms with van der Waals surface area (Å²) in [5.74, 6) is 2.16. The molecule has 5 heteroatoms. The number of aryl methyl sites for hydroxylation is 1. The van der Waals surface area contributed by atoms with E-state index in [0.29, 0.717) is 0 Å². The zero-order valence-electron chi connectivity index (χ0n) is 10.9. The third-order valence-corrected chi connectivity index (χ3v) is 4.42. The SMILES string of the molecule is OCC1(NCc2nnc3n2CCCC3)CCCC1. The first-order valence-electron chi connectivity index (χ1n) is 7.10. The van der Waals surface area contributed by atoms with E-state index in [1.807, 2.05) is 0 Å². The highest BCUT2D eigenvalue weighted by molar-refractivity contribution is 5.01. The number of nitrogens with one attached hydrogen (secondary N) is 1. The van der Waals surface area contributed by atoms with Crippen LogP contribution in [0.25, 0.3) is 0 Å². The Bertz CT molecular complexity index is 409. The molecular formula is C13H22N4O. The molecule has 0 unspecified atom stereocenters. The average Bonchev–Trinajstić information content (AvgIpc) is 3.04. The minimum atomic E-state index is -0.0684. The van der Waals surface area contributed by atoms with Crippen molar-refractivity contribution in [1.82, 2.24) is 20.1 Å². The van der Waals surface area contributed by atoms with Gasteiger partial charge < -0.3 is 15.0 Å². The van der Waals surface area contributed by atoms with E-state index in [9.17, 15) is 5.11 Å². The van der Waals surface area contributed by atoms with Gasteiger partial charge in [-0.25, -0.2) is 0 Å². The van der Waals surface area contributed by atoms with E-state index in [1.165, 1.54) is 25.7 Å². The lowest BCUT2D eigenvalue weighted by Gasteiger charge is -2.28. The van der Waals surface area contributed by atoms with Crippen LogP contribution in [0, 0.1) is 0 Å². The average molecular weight is 250 g/mol. The molecule has 1 aliphatic carbocycles. The van der Waals surface area contributed by atoms with Crippen LogP contribution in [-0.4, -0.2) is 32.0 Å². The van der Waals surface area contributed by atoms with Crippen molar-refractivity contribution in [3.05, 3.63) is 11.6 Å². The van der Waals surface area contributed by atoms with Gasteiger partial charge in [-0.15, -0.1) is 10.2 Å². The molecule has 0 saturated heterocycles. The molecule has 0 radical (unpaired) electrons. The first kappa shape index (κ1) is 12.1. The molecule has 1 aliphatic heterocycles. The van der Waals surface area contributed by atoms with E-state index < -0.39 is 0 Å². The Morgan fingerprint density at radius 1 is 1.17 bits per heavy atom. The number of fused-ring (bicyclic) bond motifs is 1. The summed E-state index contributed by atoms with van der Waals surface area (Å²) >= 11 is 0.